The number of halogens is 1. The van der Waals surface area contributed by atoms with Crippen LogP contribution in [0.15, 0.2) is 18.2 Å². The van der Waals surface area contributed by atoms with Crippen molar-refractivity contribution in [3.8, 4) is 0 Å². The topological polar surface area (TPSA) is 64.3 Å². The van der Waals surface area contributed by atoms with Crippen LogP contribution in [0.3, 0.4) is 0 Å². The summed E-state index contributed by atoms with van der Waals surface area (Å²) in [5.74, 6) is -0.147. The van der Waals surface area contributed by atoms with Crippen molar-refractivity contribution in [2.24, 2.45) is 0 Å². The van der Waals surface area contributed by atoms with Crippen molar-refractivity contribution < 1.29 is 9.53 Å². The van der Waals surface area contributed by atoms with E-state index in [1.54, 1.807) is 18.2 Å². The molecule has 0 bridgehead atoms. The monoisotopic (exact) mass is 240 g/mol. The first kappa shape index (κ1) is 11.2. The number of hydrogen-bond acceptors (Lipinski definition) is 3. The molecule has 1 heterocycles. The third-order valence-electron chi connectivity index (χ3n) is 2.49. The summed E-state index contributed by atoms with van der Waals surface area (Å²) < 4.78 is 5.27. The first-order chi connectivity index (χ1) is 7.66. The zero-order chi connectivity index (χ0) is 11.5. The maximum atomic E-state index is 11.7. The summed E-state index contributed by atoms with van der Waals surface area (Å²) in [6.07, 6.45) is 1.34. The van der Waals surface area contributed by atoms with Gasteiger partial charge in [-0.25, -0.2) is 0 Å². The van der Waals surface area contributed by atoms with Crippen molar-refractivity contribution in [2.45, 2.75) is 18.9 Å². The van der Waals surface area contributed by atoms with Crippen LogP contribution < -0.4 is 11.1 Å². The first-order valence-electron chi connectivity index (χ1n) is 5.14. The van der Waals surface area contributed by atoms with Gasteiger partial charge in [0.15, 0.2) is 0 Å². The molecule has 1 fully saturated rings. The van der Waals surface area contributed by atoms with Crippen molar-refractivity contribution in [1.29, 1.82) is 0 Å². The molecular weight excluding hydrogens is 228 g/mol. The smallest absolute Gasteiger partial charge is 0.253 e. The number of rotatable bonds is 2. The van der Waals surface area contributed by atoms with Gasteiger partial charge in [-0.1, -0.05) is 11.6 Å². The van der Waals surface area contributed by atoms with Crippen molar-refractivity contribution in [3.05, 3.63) is 23.2 Å². The summed E-state index contributed by atoms with van der Waals surface area (Å²) in [6, 6.07) is 4.97. The second kappa shape index (κ2) is 4.72. The summed E-state index contributed by atoms with van der Waals surface area (Å²) in [4.78, 5) is 11.7. The molecule has 86 valence electrons. The first-order valence-corrected chi connectivity index (χ1v) is 5.52. The normalized spacial score (nSPS) is 19.7. The van der Waals surface area contributed by atoms with E-state index >= 15 is 0 Å². The highest BCUT2D eigenvalue weighted by Crippen LogP contribution is 2.23. The largest absolute Gasteiger partial charge is 0.397 e. The Bertz CT molecular complexity index is 403. The molecule has 1 aliphatic heterocycles. The maximum absolute atomic E-state index is 11.7. The Morgan fingerprint density at radius 2 is 2.38 bits per heavy atom. The van der Waals surface area contributed by atoms with Gasteiger partial charge in [0.2, 0.25) is 0 Å². The van der Waals surface area contributed by atoms with Crippen LogP contribution in [0.5, 0.6) is 0 Å². The van der Waals surface area contributed by atoms with Crippen molar-refractivity contribution in [1.82, 2.24) is 0 Å². The van der Waals surface area contributed by atoms with Gasteiger partial charge >= 0.3 is 0 Å². The van der Waals surface area contributed by atoms with Crippen LogP contribution in [0.2, 0.25) is 5.02 Å². The van der Waals surface area contributed by atoms with E-state index in [-0.39, 0.29) is 12.0 Å². The van der Waals surface area contributed by atoms with Gasteiger partial charge < -0.3 is 15.8 Å². The van der Waals surface area contributed by atoms with E-state index in [0.29, 0.717) is 23.0 Å². The van der Waals surface area contributed by atoms with Crippen LogP contribution in [-0.4, -0.2) is 18.6 Å². The maximum Gasteiger partial charge on any atom is 0.253 e. The number of nitrogen functional groups attached to an aromatic ring is 1. The lowest BCUT2D eigenvalue weighted by Crippen LogP contribution is -2.27. The number of hydrogen-bond donors (Lipinski definition) is 2. The van der Waals surface area contributed by atoms with Gasteiger partial charge in [0.25, 0.3) is 5.91 Å². The van der Waals surface area contributed by atoms with Crippen LogP contribution >= 0.6 is 11.6 Å². The van der Waals surface area contributed by atoms with Crippen molar-refractivity contribution >= 4 is 28.9 Å². The predicted octanol–water partition coefficient (Wildman–Crippen LogP) is 2.04. The van der Waals surface area contributed by atoms with E-state index < -0.39 is 0 Å². The SMILES string of the molecule is Nc1cc(Cl)ccc1NC(=O)[C@@H]1CCCO1. The lowest BCUT2D eigenvalue weighted by atomic mass is 10.2. The minimum atomic E-state index is -0.352. The fourth-order valence-corrected chi connectivity index (χ4v) is 1.83. The van der Waals surface area contributed by atoms with E-state index in [1.807, 2.05) is 0 Å². The Balaban J connectivity index is 2.05. The van der Waals surface area contributed by atoms with Gasteiger partial charge in [-0.2, -0.15) is 0 Å². The zero-order valence-corrected chi connectivity index (χ0v) is 9.46. The minimum absolute atomic E-state index is 0.147. The molecule has 1 amide bonds. The molecule has 1 atom stereocenters. The number of nitrogens with two attached hydrogens (primary N) is 1. The van der Waals surface area contributed by atoms with E-state index in [1.165, 1.54) is 0 Å². The lowest BCUT2D eigenvalue weighted by molar-refractivity contribution is -0.124. The van der Waals surface area contributed by atoms with Gasteiger partial charge in [-0.15, -0.1) is 0 Å². The predicted molar refractivity (Wildman–Crippen MR) is 63.5 cm³/mol. The summed E-state index contributed by atoms with van der Waals surface area (Å²) in [5.41, 5.74) is 6.76. The Hall–Kier alpha value is -1.26. The van der Waals surface area contributed by atoms with Crippen molar-refractivity contribution in [3.63, 3.8) is 0 Å². The Kier molecular flexibility index (Phi) is 3.31. The molecule has 1 aromatic carbocycles. The third-order valence-corrected chi connectivity index (χ3v) is 2.73. The van der Waals surface area contributed by atoms with Crippen molar-refractivity contribution in [2.75, 3.05) is 17.7 Å². The molecule has 5 heteroatoms. The van der Waals surface area contributed by atoms with E-state index in [2.05, 4.69) is 5.32 Å². The zero-order valence-electron chi connectivity index (χ0n) is 8.70. The molecule has 0 aliphatic carbocycles. The standard InChI is InChI=1S/C11H13ClN2O2/c12-7-3-4-9(8(13)6-7)14-11(15)10-2-1-5-16-10/h3-4,6,10H,1-2,5,13H2,(H,14,15)/t10-/m0/s1. The highest BCUT2D eigenvalue weighted by Gasteiger charge is 2.23. The number of ether oxygens (including phenoxy) is 1. The van der Waals surface area contributed by atoms with Gasteiger partial charge in [-0.05, 0) is 31.0 Å². The number of carbonyl (C=O) groups excluding carboxylic acids is 1. The van der Waals surface area contributed by atoms with Crippen LogP contribution in [-0.2, 0) is 9.53 Å². The second-order valence-electron chi connectivity index (χ2n) is 3.72. The molecule has 0 saturated carbocycles. The molecule has 0 spiro atoms. The Labute approximate surface area is 98.7 Å². The number of carbonyl (C=O) groups is 1. The molecule has 1 aliphatic rings. The van der Waals surface area contributed by atoms with Gasteiger partial charge in [-0.3, -0.25) is 4.79 Å². The highest BCUT2D eigenvalue weighted by molar-refractivity contribution is 6.31. The summed E-state index contributed by atoms with van der Waals surface area (Å²) in [7, 11) is 0. The van der Waals surface area contributed by atoms with Crippen LogP contribution in [0.4, 0.5) is 11.4 Å². The molecule has 0 radical (unpaired) electrons. The number of anilines is 2. The van der Waals surface area contributed by atoms with Crippen LogP contribution in [0, 0.1) is 0 Å². The lowest BCUT2D eigenvalue weighted by Gasteiger charge is -2.12. The van der Waals surface area contributed by atoms with E-state index in [4.69, 9.17) is 22.1 Å². The van der Waals surface area contributed by atoms with Crippen LogP contribution in [0.25, 0.3) is 0 Å². The summed E-state index contributed by atoms with van der Waals surface area (Å²) in [5, 5.41) is 3.28. The Morgan fingerprint density at radius 3 is 3.00 bits per heavy atom. The molecule has 3 N–H and O–H groups in total. The minimum Gasteiger partial charge on any atom is -0.397 e. The third kappa shape index (κ3) is 2.46. The number of nitrogens with one attached hydrogen (secondary N) is 1. The fourth-order valence-electron chi connectivity index (χ4n) is 1.65. The van der Waals surface area contributed by atoms with Gasteiger partial charge in [0.05, 0.1) is 11.4 Å². The van der Waals surface area contributed by atoms with Gasteiger partial charge in [0, 0.05) is 11.6 Å². The molecule has 2 rings (SSSR count). The average Bonchev–Trinajstić information content (AvgIpc) is 2.75. The molecule has 16 heavy (non-hydrogen) atoms. The van der Waals surface area contributed by atoms with Gasteiger partial charge in [0.1, 0.15) is 6.10 Å². The fraction of sp³-hybridized carbons (Fsp3) is 0.364. The number of benzene rings is 1. The average molecular weight is 241 g/mol. The molecule has 0 aromatic heterocycles. The van der Waals surface area contributed by atoms with Crippen LogP contribution in [0.1, 0.15) is 12.8 Å². The van der Waals surface area contributed by atoms with E-state index in [0.717, 1.165) is 12.8 Å². The molecule has 1 saturated heterocycles. The highest BCUT2D eigenvalue weighted by atomic mass is 35.5. The Morgan fingerprint density at radius 1 is 1.56 bits per heavy atom. The molecule has 1 aromatic rings. The molecule has 0 unspecified atom stereocenters. The molecule has 4 nitrogen and oxygen atoms in total. The quantitative estimate of drug-likeness (QED) is 0.778. The van der Waals surface area contributed by atoms with E-state index in [9.17, 15) is 4.79 Å². The molecular formula is C11H13ClN2O2. The summed E-state index contributed by atoms with van der Waals surface area (Å²) in [6.45, 7) is 0.647. The summed E-state index contributed by atoms with van der Waals surface area (Å²) >= 11 is 5.76. The number of amides is 1. The second-order valence-corrected chi connectivity index (χ2v) is 4.16.